The third-order valence-corrected chi connectivity index (χ3v) is 2.82. The lowest BCUT2D eigenvalue weighted by Crippen LogP contribution is -2.33. The van der Waals surface area contributed by atoms with Gasteiger partial charge in [-0.1, -0.05) is 29.3 Å². The maximum atomic E-state index is 11.5. The average molecular weight is 307 g/mol. The van der Waals surface area contributed by atoms with Crippen molar-refractivity contribution in [3.63, 3.8) is 0 Å². The lowest BCUT2D eigenvalue weighted by atomic mass is 10.2. The van der Waals surface area contributed by atoms with E-state index in [-0.39, 0.29) is 28.7 Å². The van der Waals surface area contributed by atoms with Crippen LogP contribution >= 0.6 is 23.2 Å². The van der Waals surface area contributed by atoms with Gasteiger partial charge >= 0.3 is 12.0 Å². The molecule has 6 nitrogen and oxygen atoms in total. The van der Waals surface area contributed by atoms with E-state index in [0.29, 0.717) is 0 Å². The maximum Gasteiger partial charge on any atom is 0.332 e. The molecule has 0 aliphatic carbocycles. The molecule has 0 aliphatic heterocycles. The lowest BCUT2D eigenvalue weighted by Gasteiger charge is -2.11. The monoisotopic (exact) mass is 306 g/mol. The van der Waals surface area contributed by atoms with Crippen molar-refractivity contribution in [2.45, 2.75) is 12.5 Å². The number of rotatable bonds is 5. The van der Waals surface area contributed by atoms with Gasteiger partial charge in [0.15, 0.2) is 6.10 Å². The van der Waals surface area contributed by atoms with E-state index in [1.54, 1.807) is 18.2 Å². The summed E-state index contributed by atoms with van der Waals surface area (Å²) >= 11 is 11.7. The Labute approximate surface area is 119 Å². The molecule has 19 heavy (non-hydrogen) atoms. The van der Waals surface area contributed by atoms with Gasteiger partial charge in [-0.25, -0.2) is 9.59 Å². The fourth-order valence-electron chi connectivity index (χ4n) is 1.22. The van der Waals surface area contributed by atoms with Gasteiger partial charge in [0.05, 0.1) is 15.7 Å². The number of para-hydroxylation sites is 1. The first-order valence-electron chi connectivity index (χ1n) is 5.31. The summed E-state index contributed by atoms with van der Waals surface area (Å²) < 4.78 is 0. The minimum absolute atomic E-state index is 0.00136. The molecule has 1 aromatic rings. The predicted molar refractivity (Wildman–Crippen MR) is 71.7 cm³/mol. The molecule has 2 amide bonds. The van der Waals surface area contributed by atoms with Crippen LogP contribution in [0.3, 0.4) is 0 Å². The van der Waals surface area contributed by atoms with Crippen molar-refractivity contribution in [2.75, 3.05) is 11.9 Å². The number of anilines is 1. The van der Waals surface area contributed by atoms with Gasteiger partial charge in [-0.2, -0.15) is 0 Å². The fraction of sp³-hybridized carbons (Fsp3) is 0.273. The second kappa shape index (κ2) is 7.18. The summed E-state index contributed by atoms with van der Waals surface area (Å²) in [7, 11) is 0. The van der Waals surface area contributed by atoms with Gasteiger partial charge in [-0.05, 0) is 12.1 Å². The van der Waals surface area contributed by atoms with Gasteiger partial charge in [-0.3, -0.25) is 0 Å². The SMILES string of the molecule is O=C(NCCC(O)C(=O)O)Nc1c(Cl)cccc1Cl. The molecule has 0 spiro atoms. The number of hydrogen-bond donors (Lipinski definition) is 4. The van der Waals surface area contributed by atoms with Crippen molar-refractivity contribution in [1.29, 1.82) is 0 Å². The van der Waals surface area contributed by atoms with Crippen LogP contribution in [0.4, 0.5) is 10.5 Å². The van der Waals surface area contributed by atoms with Crippen LogP contribution in [0, 0.1) is 0 Å². The minimum Gasteiger partial charge on any atom is -0.479 e. The van der Waals surface area contributed by atoms with E-state index in [2.05, 4.69) is 10.6 Å². The Kier molecular flexibility index (Phi) is 5.88. The zero-order valence-electron chi connectivity index (χ0n) is 9.69. The Morgan fingerprint density at radius 3 is 2.37 bits per heavy atom. The smallest absolute Gasteiger partial charge is 0.332 e. The van der Waals surface area contributed by atoms with E-state index < -0.39 is 18.1 Å². The van der Waals surface area contributed by atoms with Crippen molar-refractivity contribution < 1.29 is 19.8 Å². The van der Waals surface area contributed by atoms with Crippen LogP contribution in [-0.4, -0.2) is 34.9 Å². The fourth-order valence-corrected chi connectivity index (χ4v) is 1.71. The molecule has 0 fully saturated rings. The molecule has 1 unspecified atom stereocenters. The third-order valence-electron chi connectivity index (χ3n) is 2.19. The Bertz CT molecular complexity index is 462. The highest BCUT2D eigenvalue weighted by molar-refractivity contribution is 6.39. The first kappa shape index (κ1) is 15.6. The molecule has 1 atom stereocenters. The number of carboxylic acids is 1. The number of carboxylic acid groups (broad SMARTS) is 1. The number of aliphatic carboxylic acids is 1. The molecular weight excluding hydrogens is 295 g/mol. The quantitative estimate of drug-likeness (QED) is 0.668. The summed E-state index contributed by atoms with van der Waals surface area (Å²) in [5.41, 5.74) is 0.266. The molecular formula is C11H12Cl2N2O4. The molecule has 0 heterocycles. The van der Waals surface area contributed by atoms with Crippen LogP contribution in [0.1, 0.15) is 6.42 Å². The Morgan fingerprint density at radius 2 is 1.84 bits per heavy atom. The van der Waals surface area contributed by atoms with Crippen LogP contribution in [-0.2, 0) is 4.79 Å². The number of amides is 2. The Hall–Kier alpha value is -1.50. The zero-order valence-corrected chi connectivity index (χ0v) is 11.2. The van der Waals surface area contributed by atoms with Crippen molar-refractivity contribution in [2.24, 2.45) is 0 Å². The molecule has 0 radical (unpaired) electrons. The minimum atomic E-state index is -1.51. The molecule has 0 aromatic heterocycles. The standard InChI is InChI=1S/C11H12Cl2N2O4/c12-6-2-1-3-7(13)9(6)15-11(19)14-5-4-8(16)10(17)18/h1-3,8,16H,4-5H2,(H,17,18)(H2,14,15,19). The number of halogens is 2. The van der Waals surface area contributed by atoms with E-state index in [1.807, 2.05) is 0 Å². The largest absolute Gasteiger partial charge is 0.479 e. The summed E-state index contributed by atoms with van der Waals surface area (Å²) in [6.45, 7) is 0.00136. The van der Waals surface area contributed by atoms with Gasteiger partial charge in [0.2, 0.25) is 0 Å². The lowest BCUT2D eigenvalue weighted by molar-refractivity contribution is -0.146. The van der Waals surface area contributed by atoms with Gasteiger partial charge in [0.25, 0.3) is 0 Å². The number of benzene rings is 1. The number of carbonyl (C=O) groups is 2. The molecule has 0 saturated heterocycles. The predicted octanol–water partition coefficient (Wildman–Crippen LogP) is 1.95. The van der Waals surface area contributed by atoms with Crippen LogP contribution in [0.2, 0.25) is 10.0 Å². The van der Waals surface area contributed by atoms with E-state index in [9.17, 15) is 9.59 Å². The van der Waals surface area contributed by atoms with Crippen LogP contribution in [0.25, 0.3) is 0 Å². The number of aliphatic hydroxyl groups excluding tert-OH is 1. The highest BCUT2D eigenvalue weighted by atomic mass is 35.5. The van der Waals surface area contributed by atoms with Crippen LogP contribution in [0.15, 0.2) is 18.2 Å². The van der Waals surface area contributed by atoms with E-state index >= 15 is 0 Å². The molecule has 8 heteroatoms. The molecule has 0 bridgehead atoms. The highest BCUT2D eigenvalue weighted by Crippen LogP contribution is 2.29. The van der Waals surface area contributed by atoms with Gasteiger partial charge in [-0.15, -0.1) is 0 Å². The van der Waals surface area contributed by atoms with E-state index in [1.165, 1.54) is 0 Å². The molecule has 104 valence electrons. The molecule has 1 rings (SSSR count). The Morgan fingerprint density at radius 1 is 1.26 bits per heavy atom. The van der Waals surface area contributed by atoms with Crippen molar-refractivity contribution in [1.82, 2.24) is 5.32 Å². The third kappa shape index (κ3) is 4.94. The molecule has 0 aliphatic rings. The average Bonchev–Trinajstić information content (AvgIpc) is 2.33. The Balaban J connectivity index is 2.46. The summed E-state index contributed by atoms with van der Waals surface area (Å²) in [6, 6.07) is 4.18. The van der Waals surface area contributed by atoms with Gasteiger partial charge in [0, 0.05) is 13.0 Å². The van der Waals surface area contributed by atoms with Crippen molar-refractivity contribution in [3.8, 4) is 0 Å². The summed E-state index contributed by atoms with van der Waals surface area (Å²) in [5, 5.41) is 22.8. The summed E-state index contributed by atoms with van der Waals surface area (Å²) in [6.07, 6.45) is -1.61. The van der Waals surface area contributed by atoms with Crippen molar-refractivity contribution in [3.05, 3.63) is 28.2 Å². The molecule has 4 N–H and O–H groups in total. The summed E-state index contributed by atoms with van der Waals surface area (Å²) in [4.78, 5) is 21.8. The first-order valence-corrected chi connectivity index (χ1v) is 6.07. The molecule has 1 aromatic carbocycles. The molecule has 0 saturated carbocycles. The van der Waals surface area contributed by atoms with Gasteiger partial charge in [0.1, 0.15) is 0 Å². The zero-order chi connectivity index (χ0) is 14.4. The number of aliphatic hydroxyl groups is 1. The normalized spacial score (nSPS) is 11.7. The highest BCUT2D eigenvalue weighted by Gasteiger charge is 2.13. The number of carbonyl (C=O) groups excluding carboxylic acids is 1. The van der Waals surface area contributed by atoms with Crippen LogP contribution in [0.5, 0.6) is 0 Å². The van der Waals surface area contributed by atoms with Crippen LogP contribution < -0.4 is 10.6 Å². The second-order valence-electron chi connectivity index (χ2n) is 3.62. The van der Waals surface area contributed by atoms with E-state index in [4.69, 9.17) is 33.4 Å². The summed E-state index contributed by atoms with van der Waals surface area (Å²) in [5.74, 6) is -1.34. The van der Waals surface area contributed by atoms with E-state index in [0.717, 1.165) is 0 Å². The number of nitrogens with one attached hydrogen (secondary N) is 2. The van der Waals surface area contributed by atoms with Crippen molar-refractivity contribution >= 4 is 40.9 Å². The number of urea groups is 1. The van der Waals surface area contributed by atoms with Gasteiger partial charge < -0.3 is 20.8 Å². The maximum absolute atomic E-state index is 11.5. The topological polar surface area (TPSA) is 98.7 Å². The first-order chi connectivity index (χ1) is 8.91. The second-order valence-corrected chi connectivity index (χ2v) is 4.43. The number of hydrogen-bond acceptors (Lipinski definition) is 3.